The first-order valence-corrected chi connectivity index (χ1v) is 9.17. The maximum absolute atomic E-state index is 12.8. The normalized spacial score (nSPS) is 15.0. The van der Waals surface area contributed by atoms with Crippen LogP contribution in [0, 0.1) is 0 Å². The maximum atomic E-state index is 12.8. The van der Waals surface area contributed by atoms with Crippen molar-refractivity contribution in [2.75, 3.05) is 26.2 Å². The Kier molecular flexibility index (Phi) is 5.71. The van der Waals surface area contributed by atoms with Crippen LogP contribution in [0.3, 0.4) is 0 Å². The number of pyridine rings is 1. The van der Waals surface area contributed by atoms with Crippen LogP contribution in [0.25, 0.3) is 0 Å². The number of carbonyl (C=O) groups is 2. The molecule has 0 spiro atoms. The van der Waals surface area contributed by atoms with Crippen molar-refractivity contribution >= 4 is 39.3 Å². The molecule has 1 aromatic carbocycles. The third-order valence-corrected chi connectivity index (χ3v) is 5.08. The lowest BCUT2D eigenvalue weighted by molar-refractivity contribution is 0.0718. The molecule has 0 radical (unpaired) electrons. The van der Waals surface area contributed by atoms with Crippen LogP contribution in [-0.2, 0) is 0 Å². The molecule has 0 atom stereocenters. The highest BCUT2D eigenvalue weighted by molar-refractivity contribution is 9.10. The van der Waals surface area contributed by atoms with Gasteiger partial charge in [0, 0.05) is 53.6 Å². The van der Waals surface area contributed by atoms with E-state index in [1.165, 1.54) is 0 Å². The van der Waals surface area contributed by atoms with Gasteiger partial charge in [0.1, 0.15) is 0 Å². The fourth-order valence-electron chi connectivity index (χ4n) is 2.83. The van der Waals surface area contributed by atoms with E-state index in [2.05, 4.69) is 20.9 Å². The van der Waals surface area contributed by atoms with Crippen LogP contribution in [0.2, 0.25) is 5.02 Å². The first-order chi connectivity index (χ1) is 12.1. The molecule has 25 heavy (non-hydrogen) atoms. The van der Waals surface area contributed by atoms with Gasteiger partial charge in [0.25, 0.3) is 11.8 Å². The number of halogens is 2. The minimum atomic E-state index is -0.0763. The molecule has 2 amide bonds. The van der Waals surface area contributed by atoms with E-state index in [1.807, 2.05) is 0 Å². The van der Waals surface area contributed by atoms with Gasteiger partial charge in [0.15, 0.2) is 0 Å². The molecule has 1 aliphatic rings. The van der Waals surface area contributed by atoms with Crippen LogP contribution in [0.15, 0.2) is 47.2 Å². The zero-order chi connectivity index (χ0) is 17.8. The molecular weight excluding hydrogens is 406 g/mol. The fourth-order valence-corrected chi connectivity index (χ4v) is 3.42. The van der Waals surface area contributed by atoms with E-state index >= 15 is 0 Å². The highest BCUT2D eigenvalue weighted by Crippen LogP contribution is 2.23. The van der Waals surface area contributed by atoms with E-state index < -0.39 is 0 Å². The maximum Gasteiger partial charge on any atom is 0.255 e. The summed E-state index contributed by atoms with van der Waals surface area (Å²) in [5, 5.41) is 0.524. The van der Waals surface area contributed by atoms with E-state index in [0.717, 1.165) is 10.9 Å². The van der Waals surface area contributed by atoms with Crippen molar-refractivity contribution in [3.8, 4) is 0 Å². The van der Waals surface area contributed by atoms with Crippen molar-refractivity contribution in [1.29, 1.82) is 0 Å². The smallest absolute Gasteiger partial charge is 0.255 e. The molecule has 1 aromatic heterocycles. The number of benzene rings is 1. The van der Waals surface area contributed by atoms with E-state index in [1.54, 1.807) is 52.5 Å². The number of amides is 2. The number of aromatic nitrogens is 1. The number of nitrogens with zero attached hydrogens (tertiary/aromatic N) is 3. The van der Waals surface area contributed by atoms with Crippen LogP contribution in [0.4, 0.5) is 0 Å². The molecule has 0 aliphatic carbocycles. The average molecular weight is 423 g/mol. The summed E-state index contributed by atoms with van der Waals surface area (Å²) in [6, 6.07) is 8.59. The van der Waals surface area contributed by atoms with Gasteiger partial charge in [-0.1, -0.05) is 11.6 Å². The summed E-state index contributed by atoms with van der Waals surface area (Å²) in [5.41, 5.74) is 1.16. The molecule has 1 saturated heterocycles. The molecule has 0 bridgehead atoms. The second kappa shape index (κ2) is 7.97. The minimum Gasteiger partial charge on any atom is -0.337 e. The Morgan fingerprint density at radius 3 is 2.28 bits per heavy atom. The average Bonchev–Trinajstić information content (AvgIpc) is 2.89. The van der Waals surface area contributed by atoms with Crippen LogP contribution >= 0.6 is 27.5 Å². The fraction of sp³-hybridized carbons (Fsp3) is 0.278. The third-order valence-electron chi connectivity index (χ3n) is 4.16. The van der Waals surface area contributed by atoms with E-state index in [4.69, 9.17) is 11.6 Å². The van der Waals surface area contributed by atoms with Crippen molar-refractivity contribution < 1.29 is 9.59 Å². The molecule has 0 N–H and O–H groups in total. The predicted molar refractivity (Wildman–Crippen MR) is 99.8 cm³/mol. The molecule has 0 unspecified atom stereocenters. The molecule has 2 heterocycles. The second-order valence-electron chi connectivity index (χ2n) is 5.80. The van der Waals surface area contributed by atoms with E-state index in [-0.39, 0.29) is 11.8 Å². The molecule has 0 saturated carbocycles. The molecule has 3 rings (SSSR count). The Morgan fingerprint density at radius 1 is 0.960 bits per heavy atom. The Morgan fingerprint density at radius 2 is 1.60 bits per heavy atom. The van der Waals surface area contributed by atoms with Crippen molar-refractivity contribution in [3.63, 3.8) is 0 Å². The Labute approximate surface area is 159 Å². The van der Waals surface area contributed by atoms with Gasteiger partial charge in [0.2, 0.25) is 0 Å². The highest BCUT2D eigenvalue weighted by Gasteiger charge is 2.24. The van der Waals surface area contributed by atoms with Crippen molar-refractivity contribution in [2.45, 2.75) is 6.42 Å². The topological polar surface area (TPSA) is 53.5 Å². The lowest BCUT2D eigenvalue weighted by Crippen LogP contribution is -2.37. The van der Waals surface area contributed by atoms with Gasteiger partial charge in [-0.3, -0.25) is 14.6 Å². The van der Waals surface area contributed by atoms with E-state index in [0.29, 0.717) is 42.3 Å². The number of carbonyl (C=O) groups excluding carboxylic acids is 2. The summed E-state index contributed by atoms with van der Waals surface area (Å²) in [6.45, 7) is 2.24. The van der Waals surface area contributed by atoms with Crippen LogP contribution in [-0.4, -0.2) is 52.8 Å². The van der Waals surface area contributed by atoms with Crippen LogP contribution < -0.4 is 0 Å². The Balaban J connectivity index is 1.70. The highest BCUT2D eigenvalue weighted by atomic mass is 79.9. The number of rotatable bonds is 2. The molecule has 130 valence electrons. The summed E-state index contributed by atoms with van der Waals surface area (Å²) in [6.07, 6.45) is 3.95. The molecule has 5 nitrogen and oxygen atoms in total. The zero-order valence-electron chi connectivity index (χ0n) is 13.5. The number of hydrogen-bond acceptors (Lipinski definition) is 3. The van der Waals surface area contributed by atoms with Crippen molar-refractivity contribution in [2.24, 2.45) is 0 Å². The van der Waals surface area contributed by atoms with Crippen molar-refractivity contribution in [1.82, 2.24) is 14.8 Å². The quantitative estimate of drug-likeness (QED) is 0.744. The van der Waals surface area contributed by atoms with Gasteiger partial charge in [-0.2, -0.15) is 0 Å². The summed E-state index contributed by atoms with van der Waals surface area (Å²) in [7, 11) is 0. The summed E-state index contributed by atoms with van der Waals surface area (Å²) in [5.74, 6) is -0.103. The summed E-state index contributed by atoms with van der Waals surface area (Å²) in [4.78, 5) is 32.9. The molecule has 1 fully saturated rings. The Bertz CT molecular complexity index is 785. The first-order valence-electron chi connectivity index (χ1n) is 8.00. The van der Waals surface area contributed by atoms with Gasteiger partial charge in [-0.25, -0.2) is 0 Å². The molecular formula is C18H17BrClN3O2. The largest absolute Gasteiger partial charge is 0.337 e. The van der Waals surface area contributed by atoms with Crippen molar-refractivity contribution in [3.05, 3.63) is 63.3 Å². The third kappa shape index (κ3) is 4.19. The van der Waals surface area contributed by atoms with Gasteiger partial charge < -0.3 is 9.80 Å². The predicted octanol–water partition coefficient (Wildman–Crippen LogP) is 3.49. The molecule has 7 heteroatoms. The SMILES string of the molecule is O=C(c1ccncc1)N1CCCN(C(=O)c2cc(Cl)ccc2Br)CC1. The molecule has 2 aromatic rings. The molecule has 1 aliphatic heterocycles. The number of hydrogen-bond donors (Lipinski definition) is 0. The van der Waals surface area contributed by atoms with Crippen LogP contribution in [0.5, 0.6) is 0 Å². The van der Waals surface area contributed by atoms with E-state index in [9.17, 15) is 9.59 Å². The summed E-state index contributed by atoms with van der Waals surface area (Å²) < 4.78 is 0.718. The standard InChI is InChI=1S/C18H17BrClN3O2/c19-16-3-2-14(20)12-15(16)18(25)23-9-1-8-22(10-11-23)17(24)13-4-6-21-7-5-13/h2-7,12H,1,8-11H2. The lowest BCUT2D eigenvalue weighted by Gasteiger charge is -2.22. The zero-order valence-corrected chi connectivity index (χ0v) is 15.8. The lowest BCUT2D eigenvalue weighted by atomic mass is 10.2. The van der Waals surface area contributed by atoms with Gasteiger partial charge >= 0.3 is 0 Å². The monoisotopic (exact) mass is 421 g/mol. The van der Waals surface area contributed by atoms with Gasteiger partial charge in [-0.05, 0) is 52.7 Å². The van der Waals surface area contributed by atoms with Gasteiger partial charge in [-0.15, -0.1) is 0 Å². The summed E-state index contributed by atoms with van der Waals surface area (Å²) >= 11 is 9.42. The first kappa shape index (κ1) is 17.9. The Hall–Kier alpha value is -1.92. The van der Waals surface area contributed by atoms with Gasteiger partial charge in [0.05, 0.1) is 5.56 Å². The second-order valence-corrected chi connectivity index (χ2v) is 7.09. The minimum absolute atomic E-state index is 0.0272. The van der Waals surface area contributed by atoms with Crippen LogP contribution in [0.1, 0.15) is 27.1 Å².